The third kappa shape index (κ3) is 3.47. The summed E-state index contributed by atoms with van der Waals surface area (Å²) in [6.07, 6.45) is 0. The molecule has 6 heteroatoms. The molecule has 0 aliphatic rings. The first kappa shape index (κ1) is 12.5. The number of rotatable bonds is 5. The molecule has 0 radical (unpaired) electrons. The SMILES string of the molecule is CNc1ccc(OP(=S)(OC)OC)cc1. The number of benzene rings is 1. The lowest BCUT2D eigenvalue weighted by atomic mass is 10.3. The molecule has 84 valence electrons. The maximum absolute atomic E-state index is 5.45. The van der Waals surface area contributed by atoms with Crippen LogP contribution in [0.4, 0.5) is 5.69 Å². The molecule has 1 aromatic carbocycles. The second-order valence-electron chi connectivity index (χ2n) is 2.68. The van der Waals surface area contributed by atoms with Crippen LogP contribution in [-0.4, -0.2) is 21.3 Å². The van der Waals surface area contributed by atoms with E-state index in [1.165, 1.54) is 14.2 Å². The van der Waals surface area contributed by atoms with Crippen LogP contribution in [0.5, 0.6) is 5.75 Å². The fraction of sp³-hybridized carbons (Fsp3) is 0.333. The molecule has 0 bridgehead atoms. The molecule has 0 saturated carbocycles. The van der Waals surface area contributed by atoms with Gasteiger partial charge in [-0.1, -0.05) is 0 Å². The van der Waals surface area contributed by atoms with E-state index in [-0.39, 0.29) is 0 Å². The van der Waals surface area contributed by atoms with E-state index in [9.17, 15) is 0 Å². The Bertz CT molecular complexity index is 347. The topological polar surface area (TPSA) is 39.7 Å². The van der Waals surface area contributed by atoms with Crippen LogP contribution in [-0.2, 0) is 20.9 Å². The van der Waals surface area contributed by atoms with Gasteiger partial charge in [0, 0.05) is 38.8 Å². The summed E-state index contributed by atoms with van der Waals surface area (Å²) in [5.41, 5.74) is 1.01. The summed E-state index contributed by atoms with van der Waals surface area (Å²) in [5.74, 6) is 0.640. The Kier molecular flexibility index (Phi) is 4.54. The van der Waals surface area contributed by atoms with E-state index >= 15 is 0 Å². The Labute approximate surface area is 94.8 Å². The Hall–Kier alpha value is -0.610. The molecule has 1 aromatic rings. The van der Waals surface area contributed by atoms with E-state index in [1.807, 2.05) is 31.3 Å². The molecule has 0 aromatic heterocycles. The van der Waals surface area contributed by atoms with Crippen LogP contribution in [0.1, 0.15) is 0 Å². The summed E-state index contributed by atoms with van der Waals surface area (Å²) >= 11 is 5.08. The molecule has 0 spiro atoms. The van der Waals surface area contributed by atoms with E-state index in [0.717, 1.165) is 5.69 Å². The molecule has 0 heterocycles. The average Bonchev–Trinajstić information content (AvgIpc) is 2.30. The van der Waals surface area contributed by atoms with E-state index < -0.39 is 6.72 Å². The van der Waals surface area contributed by atoms with Crippen molar-refractivity contribution in [1.82, 2.24) is 0 Å². The van der Waals surface area contributed by atoms with Crippen molar-refractivity contribution in [2.75, 3.05) is 26.6 Å². The summed E-state index contributed by atoms with van der Waals surface area (Å²) in [6.45, 7) is -2.61. The molecule has 0 fully saturated rings. The molecule has 4 nitrogen and oxygen atoms in total. The second kappa shape index (κ2) is 5.47. The maximum Gasteiger partial charge on any atom is 0.380 e. The molecule has 0 atom stereocenters. The second-order valence-corrected chi connectivity index (χ2v) is 5.83. The van der Waals surface area contributed by atoms with Gasteiger partial charge in [0.1, 0.15) is 5.75 Å². The minimum absolute atomic E-state index is 0.640. The molecular weight excluding hydrogens is 233 g/mol. The van der Waals surface area contributed by atoms with Gasteiger partial charge in [-0.25, -0.2) is 0 Å². The summed E-state index contributed by atoms with van der Waals surface area (Å²) in [6, 6.07) is 7.40. The molecule has 0 saturated heterocycles. The van der Waals surface area contributed by atoms with Crippen molar-refractivity contribution in [2.24, 2.45) is 0 Å². The normalized spacial score (nSPS) is 11.1. The van der Waals surface area contributed by atoms with Gasteiger partial charge in [0.05, 0.1) is 0 Å². The zero-order chi connectivity index (χ0) is 11.3. The first-order valence-corrected chi connectivity index (χ1v) is 6.88. The zero-order valence-corrected chi connectivity index (χ0v) is 10.6. The number of anilines is 1. The fourth-order valence-corrected chi connectivity index (χ4v) is 1.90. The van der Waals surface area contributed by atoms with Crippen LogP contribution in [0.3, 0.4) is 0 Å². The van der Waals surface area contributed by atoms with Crippen LogP contribution in [0.15, 0.2) is 24.3 Å². The van der Waals surface area contributed by atoms with Gasteiger partial charge in [0.15, 0.2) is 0 Å². The lowest BCUT2D eigenvalue weighted by Crippen LogP contribution is -1.97. The summed E-state index contributed by atoms with van der Waals surface area (Å²) in [7, 11) is 4.81. The summed E-state index contributed by atoms with van der Waals surface area (Å²) < 4.78 is 15.5. The highest BCUT2D eigenvalue weighted by Gasteiger charge is 2.17. The Morgan fingerprint density at radius 2 is 1.67 bits per heavy atom. The predicted molar refractivity (Wildman–Crippen MR) is 64.9 cm³/mol. The van der Waals surface area contributed by atoms with Crippen molar-refractivity contribution >= 4 is 24.2 Å². The predicted octanol–water partition coefficient (Wildman–Crippen LogP) is 2.62. The standard InChI is InChI=1S/C9H14NO3PS/c1-10-8-4-6-9(7-5-8)13-14(15,11-2)12-3/h4-7,10H,1-3H3. The van der Waals surface area contributed by atoms with Crippen LogP contribution in [0, 0.1) is 0 Å². The van der Waals surface area contributed by atoms with Crippen molar-refractivity contribution in [3.63, 3.8) is 0 Å². The van der Waals surface area contributed by atoms with E-state index in [4.69, 9.17) is 25.4 Å². The highest BCUT2D eigenvalue weighted by atomic mass is 32.5. The van der Waals surface area contributed by atoms with Crippen LogP contribution < -0.4 is 9.84 Å². The van der Waals surface area contributed by atoms with Gasteiger partial charge >= 0.3 is 6.72 Å². The quantitative estimate of drug-likeness (QED) is 0.810. The molecule has 0 aliphatic carbocycles. The molecule has 1 N–H and O–H groups in total. The van der Waals surface area contributed by atoms with Gasteiger partial charge in [0.25, 0.3) is 0 Å². The minimum atomic E-state index is -2.61. The van der Waals surface area contributed by atoms with Crippen LogP contribution >= 0.6 is 6.72 Å². The molecule has 1 rings (SSSR count). The molecular formula is C9H14NO3PS. The zero-order valence-electron chi connectivity index (χ0n) is 8.89. The van der Waals surface area contributed by atoms with Crippen molar-refractivity contribution in [3.05, 3.63) is 24.3 Å². The van der Waals surface area contributed by atoms with Crippen LogP contribution in [0.25, 0.3) is 0 Å². The lowest BCUT2D eigenvalue weighted by Gasteiger charge is -2.18. The molecule has 0 unspecified atom stereocenters. The van der Waals surface area contributed by atoms with E-state index in [2.05, 4.69) is 5.32 Å². The third-order valence-electron chi connectivity index (χ3n) is 1.81. The van der Waals surface area contributed by atoms with Gasteiger partial charge in [-0.05, 0) is 24.3 Å². The third-order valence-corrected chi connectivity index (χ3v) is 4.25. The summed E-state index contributed by atoms with van der Waals surface area (Å²) in [4.78, 5) is 0. The van der Waals surface area contributed by atoms with Gasteiger partial charge < -0.3 is 18.9 Å². The Balaban J connectivity index is 2.76. The number of hydrogen-bond donors (Lipinski definition) is 1. The molecule has 0 aliphatic heterocycles. The highest BCUT2D eigenvalue weighted by molar-refractivity contribution is 8.07. The Morgan fingerprint density at radius 1 is 1.13 bits per heavy atom. The van der Waals surface area contributed by atoms with Crippen LogP contribution in [0.2, 0.25) is 0 Å². The number of hydrogen-bond acceptors (Lipinski definition) is 5. The van der Waals surface area contributed by atoms with E-state index in [1.54, 1.807) is 0 Å². The largest absolute Gasteiger partial charge is 0.424 e. The molecule has 15 heavy (non-hydrogen) atoms. The minimum Gasteiger partial charge on any atom is -0.424 e. The molecule has 0 amide bonds. The highest BCUT2D eigenvalue weighted by Crippen LogP contribution is 2.48. The average molecular weight is 247 g/mol. The maximum atomic E-state index is 5.45. The van der Waals surface area contributed by atoms with Crippen molar-refractivity contribution in [1.29, 1.82) is 0 Å². The number of nitrogens with one attached hydrogen (secondary N) is 1. The fourth-order valence-electron chi connectivity index (χ4n) is 0.961. The van der Waals surface area contributed by atoms with Gasteiger partial charge in [0.2, 0.25) is 0 Å². The first-order valence-electron chi connectivity index (χ1n) is 4.32. The van der Waals surface area contributed by atoms with E-state index in [0.29, 0.717) is 5.75 Å². The lowest BCUT2D eigenvalue weighted by molar-refractivity contribution is 0.273. The van der Waals surface area contributed by atoms with Crippen molar-refractivity contribution in [3.8, 4) is 5.75 Å². The van der Waals surface area contributed by atoms with Gasteiger partial charge in [-0.2, -0.15) is 0 Å². The van der Waals surface area contributed by atoms with Crippen molar-refractivity contribution in [2.45, 2.75) is 0 Å². The van der Waals surface area contributed by atoms with Gasteiger partial charge in [-0.15, -0.1) is 0 Å². The Morgan fingerprint density at radius 3 is 2.07 bits per heavy atom. The smallest absolute Gasteiger partial charge is 0.380 e. The van der Waals surface area contributed by atoms with Gasteiger partial charge in [-0.3, -0.25) is 0 Å². The monoisotopic (exact) mass is 247 g/mol. The first-order chi connectivity index (χ1) is 7.13. The summed E-state index contributed by atoms with van der Waals surface area (Å²) in [5, 5.41) is 3.01. The van der Waals surface area contributed by atoms with Crippen molar-refractivity contribution < 1.29 is 13.6 Å².